The summed E-state index contributed by atoms with van der Waals surface area (Å²) in [6, 6.07) is 8.15. The number of piperidine rings is 1. The van der Waals surface area contributed by atoms with E-state index in [1.54, 1.807) is 7.11 Å². The van der Waals surface area contributed by atoms with Crippen LogP contribution >= 0.6 is 0 Å². The van der Waals surface area contributed by atoms with E-state index in [1.807, 2.05) is 18.3 Å². The van der Waals surface area contributed by atoms with Gasteiger partial charge in [0.2, 0.25) is 0 Å². The van der Waals surface area contributed by atoms with Gasteiger partial charge in [-0.3, -0.25) is 4.98 Å². The first kappa shape index (κ1) is 15.1. The van der Waals surface area contributed by atoms with Gasteiger partial charge in [0.15, 0.2) is 0 Å². The monoisotopic (exact) mass is 298 g/mol. The molecule has 0 spiro atoms. The summed E-state index contributed by atoms with van der Waals surface area (Å²) in [5, 5.41) is 4.42. The Morgan fingerprint density at radius 2 is 2.23 bits per heavy atom. The fraction of sp³-hybridized carbons (Fsp3) is 0.438. The molecule has 22 heavy (non-hydrogen) atoms. The summed E-state index contributed by atoms with van der Waals surface area (Å²) in [5.41, 5.74) is 9.23. The second-order valence-electron chi connectivity index (χ2n) is 5.92. The lowest BCUT2D eigenvalue weighted by atomic mass is 9.95. The van der Waals surface area contributed by atoms with Crippen LogP contribution in [-0.4, -0.2) is 39.3 Å². The van der Waals surface area contributed by atoms with Crippen molar-refractivity contribution in [1.82, 2.24) is 10.2 Å². The smallest absolute Gasteiger partial charge is 0.360 e. The van der Waals surface area contributed by atoms with Gasteiger partial charge in [0.05, 0.1) is 16.9 Å². The van der Waals surface area contributed by atoms with Gasteiger partial charge in [-0.15, -0.1) is 0 Å². The third-order valence-corrected chi connectivity index (χ3v) is 4.39. The Balaban J connectivity index is 1.67. The molecule has 6 heteroatoms. The van der Waals surface area contributed by atoms with E-state index in [-0.39, 0.29) is 0 Å². The number of benzene rings is 1. The van der Waals surface area contributed by atoms with Gasteiger partial charge in [0.1, 0.15) is 0 Å². The molecule has 1 saturated heterocycles. The normalized spacial score (nSPS) is 16.1. The van der Waals surface area contributed by atoms with Crippen molar-refractivity contribution in [2.45, 2.75) is 12.8 Å². The molecular weight excluding hydrogens is 275 g/mol. The van der Waals surface area contributed by atoms with Crippen LogP contribution in [0.15, 0.2) is 30.5 Å². The Kier molecular flexibility index (Phi) is 4.80. The summed E-state index contributed by atoms with van der Waals surface area (Å²) in [7, 11) is 2.34. The van der Waals surface area contributed by atoms with Gasteiger partial charge in [-0.2, -0.15) is 0 Å². The largest absolute Gasteiger partial charge is 0.427 e. The number of nitrogens with zero attached hydrogens (tertiary/aromatic N) is 2. The van der Waals surface area contributed by atoms with Crippen LogP contribution in [0.4, 0.5) is 11.4 Å². The molecule has 0 saturated carbocycles. The molecule has 1 fully saturated rings. The highest BCUT2D eigenvalue weighted by molar-refractivity contribution is 6.23. The molecule has 0 radical (unpaired) electrons. The SMILES string of the molecule is COBNCC1CCN(c2cc3ncccc3cc2N)CC1. The predicted molar refractivity (Wildman–Crippen MR) is 93.3 cm³/mol. The summed E-state index contributed by atoms with van der Waals surface area (Å²) in [4.78, 5) is 6.82. The fourth-order valence-corrected chi connectivity index (χ4v) is 3.14. The van der Waals surface area contributed by atoms with Crippen LogP contribution in [0.5, 0.6) is 0 Å². The molecule has 0 bridgehead atoms. The first-order valence-electron chi connectivity index (χ1n) is 7.87. The highest BCUT2D eigenvalue weighted by Gasteiger charge is 2.20. The topological polar surface area (TPSA) is 63.4 Å². The average molecular weight is 298 g/mol. The highest BCUT2D eigenvalue weighted by atomic mass is 16.4. The van der Waals surface area contributed by atoms with E-state index in [9.17, 15) is 0 Å². The van der Waals surface area contributed by atoms with Crippen molar-refractivity contribution in [2.75, 3.05) is 37.4 Å². The molecule has 1 aliphatic rings. The summed E-state index contributed by atoms with van der Waals surface area (Å²) < 4.78 is 5.03. The van der Waals surface area contributed by atoms with Gasteiger partial charge >= 0.3 is 7.62 Å². The Bertz CT molecular complexity index is 629. The first-order chi connectivity index (χ1) is 10.8. The second-order valence-corrected chi connectivity index (χ2v) is 5.92. The zero-order chi connectivity index (χ0) is 15.4. The third-order valence-electron chi connectivity index (χ3n) is 4.39. The summed E-state index contributed by atoms with van der Waals surface area (Å²) in [5.74, 6) is 0.714. The van der Waals surface area contributed by atoms with E-state index in [0.29, 0.717) is 13.5 Å². The molecule has 0 amide bonds. The molecular formula is C16H23BN4O. The van der Waals surface area contributed by atoms with E-state index in [2.05, 4.69) is 27.2 Å². The van der Waals surface area contributed by atoms with Crippen molar-refractivity contribution in [3.05, 3.63) is 30.5 Å². The van der Waals surface area contributed by atoms with Crippen LogP contribution in [0.3, 0.4) is 0 Å². The number of fused-ring (bicyclic) bond motifs is 1. The number of anilines is 2. The van der Waals surface area contributed by atoms with Crippen molar-refractivity contribution in [3.8, 4) is 0 Å². The molecule has 0 unspecified atom stereocenters. The van der Waals surface area contributed by atoms with Crippen LogP contribution in [0.25, 0.3) is 10.9 Å². The maximum absolute atomic E-state index is 6.25. The van der Waals surface area contributed by atoms with Crippen molar-refractivity contribution in [2.24, 2.45) is 5.92 Å². The Morgan fingerprint density at radius 3 is 3.00 bits per heavy atom. The quantitative estimate of drug-likeness (QED) is 0.498. The molecule has 1 aliphatic heterocycles. The lowest BCUT2D eigenvalue weighted by molar-refractivity contribution is 0.384. The molecule has 0 atom stereocenters. The Morgan fingerprint density at radius 1 is 1.41 bits per heavy atom. The van der Waals surface area contributed by atoms with Crippen molar-refractivity contribution in [1.29, 1.82) is 0 Å². The Labute approximate surface area is 132 Å². The van der Waals surface area contributed by atoms with Crippen molar-refractivity contribution in [3.63, 3.8) is 0 Å². The number of nitrogens with two attached hydrogens (primary N) is 1. The molecule has 1 aromatic carbocycles. The molecule has 3 N–H and O–H groups in total. The van der Waals surface area contributed by atoms with Crippen LogP contribution < -0.4 is 15.9 Å². The minimum atomic E-state index is 0.628. The Hall–Kier alpha value is -1.79. The average Bonchev–Trinajstić information content (AvgIpc) is 2.55. The highest BCUT2D eigenvalue weighted by Crippen LogP contribution is 2.31. The van der Waals surface area contributed by atoms with Crippen LogP contribution in [0, 0.1) is 5.92 Å². The minimum Gasteiger partial charge on any atom is -0.427 e. The van der Waals surface area contributed by atoms with Crippen LogP contribution in [0.1, 0.15) is 12.8 Å². The number of rotatable bonds is 5. The number of nitrogen functional groups attached to an aromatic ring is 1. The molecule has 116 valence electrons. The number of nitrogens with one attached hydrogen (secondary N) is 1. The first-order valence-corrected chi connectivity index (χ1v) is 7.87. The second kappa shape index (κ2) is 6.98. The van der Waals surface area contributed by atoms with Gasteiger partial charge in [-0.25, -0.2) is 0 Å². The van der Waals surface area contributed by atoms with Crippen LogP contribution in [-0.2, 0) is 4.65 Å². The molecule has 1 aromatic heterocycles. The van der Waals surface area contributed by atoms with E-state index in [0.717, 1.165) is 41.9 Å². The minimum absolute atomic E-state index is 0.628. The van der Waals surface area contributed by atoms with E-state index < -0.39 is 0 Å². The zero-order valence-corrected chi connectivity index (χ0v) is 13.1. The van der Waals surface area contributed by atoms with Crippen molar-refractivity contribution < 1.29 is 4.65 Å². The van der Waals surface area contributed by atoms with Gasteiger partial charge in [0.25, 0.3) is 0 Å². The lowest BCUT2D eigenvalue weighted by Crippen LogP contribution is -2.38. The van der Waals surface area contributed by atoms with E-state index in [1.165, 1.54) is 12.8 Å². The number of hydrogen-bond acceptors (Lipinski definition) is 5. The van der Waals surface area contributed by atoms with E-state index >= 15 is 0 Å². The number of pyridine rings is 1. The zero-order valence-electron chi connectivity index (χ0n) is 13.1. The van der Waals surface area contributed by atoms with Crippen molar-refractivity contribution >= 4 is 29.9 Å². The van der Waals surface area contributed by atoms with Gasteiger partial charge in [0, 0.05) is 31.8 Å². The predicted octanol–water partition coefficient (Wildman–Crippen LogP) is 1.54. The molecule has 5 nitrogen and oxygen atoms in total. The maximum atomic E-state index is 6.25. The van der Waals surface area contributed by atoms with Gasteiger partial charge in [-0.05, 0) is 43.5 Å². The molecule has 0 aliphatic carbocycles. The van der Waals surface area contributed by atoms with Crippen LogP contribution in [0.2, 0.25) is 0 Å². The summed E-state index contributed by atoms with van der Waals surface area (Å²) in [6.07, 6.45) is 4.18. The van der Waals surface area contributed by atoms with E-state index in [4.69, 9.17) is 10.4 Å². The summed E-state index contributed by atoms with van der Waals surface area (Å²) >= 11 is 0. The number of aromatic nitrogens is 1. The fourth-order valence-electron chi connectivity index (χ4n) is 3.14. The van der Waals surface area contributed by atoms with Gasteiger partial charge < -0.3 is 20.5 Å². The molecule has 3 rings (SSSR count). The van der Waals surface area contributed by atoms with Gasteiger partial charge in [-0.1, -0.05) is 6.07 Å². The lowest BCUT2D eigenvalue weighted by Gasteiger charge is -2.34. The summed E-state index contributed by atoms with van der Waals surface area (Å²) in [6.45, 7) is 3.11. The standard InChI is InChI=1S/C16H23BN4O/c1-22-17-20-11-12-4-7-21(8-5-12)16-10-15-13(9-14(16)18)3-2-6-19-15/h2-3,6,9-10,12,17,20H,4-5,7-8,11,18H2,1H3. The third kappa shape index (κ3) is 3.34. The number of hydrogen-bond donors (Lipinski definition) is 2. The molecule has 2 heterocycles. The molecule has 2 aromatic rings. The maximum Gasteiger partial charge on any atom is 0.360 e.